The Morgan fingerprint density at radius 1 is 1.50 bits per heavy atom. The summed E-state index contributed by atoms with van der Waals surface area (Å²) in [7, 11) is 0. The van der Waals surface area contributed by atoms with Crippen molar-refractivity contribution >= 4 is 11.6 Å². The fraction of sp³-hybridized carbons (Fsp3) is 0.250. The van der Waals surface area contributed by atoms with Gasteiger partial charge in [-0.2, -0.15) is 0 Å². The monoisotopic (exact) mass is 217 g/mol. The molecule has 0 atom stereocenters. The second kappa shape index (κ2) is 6.49. The molecule has 0 aromatic heterocycles. The molecule has 4 N–H and O–H groups in total. The number of carbonyl (C=O) groups is 1. The maximum Gasteiger partial charge on any atom is 0.216 e. The minimum absolute atomic E-state index is 0.0314. The number of hydrogen-bond donors (Lipinski definition) is 3. The Hall–Kier alpha value is -1.99. The predicted molar refractivity (Wildman–Crippen MR) is 64.4 cm³/mol. The van der Waals surface area contributed by atoms with E-state index in [1.165, 1.54) is 6.92 Å². The summed E-state index contributed by atoms with van der Waals surface area (Å²) in [6.07, 6.45) is 0.639. The Morgan fingerprint density at radius 2 is 2.31 bits per heavy atom. The molecule has 84 valence electrons. The summed E-state index contributed by atoms with van der Waals surface area (Å²) in [5.41, 5.74) is 4.29. The standard InChI is InChI=1S/C12H15N3O/c1-10(16)14-8-3-2-5-11-6-4-7-12(9-11)15-13/h4,6-7,9,15H,3,8,13H2,1H3,(H,14,16). The van der Waals surface area contributed by atoms with Crippen LogP contribution in [0.25, 0.3) is 0 Å². The van der Waals surface area contributed by atoms with Crippen molar-refractivity contribution in [3.8, 4) is 11.8 Å². The first-order valence-corrected chi connectivity index (χ1v) is 5.02. The highest BCUT2D eigenvalue weighted by Crippen LogP contribution is 2.07. The topological polar surface area (TPSA) is 67.2 Å². The lowest BCUT2D eigenvalue weighted by Crippen LogP contribution is -2.20. The van der Waals surface area contributed by atoms with Crippen LogP contribution in [0.15, 0.2) is 24.3 Å². The molecule has 4 nitrogen and oxygen atoms in total. The molecule has 16 heavy (non-hydrogen) atoms. The predicted octanol–water partition coefficient (Wildman–Crippen LogP) is 0.850. The second-order valence-electron chi connectivity index (χ2n) is 3.26. The van der Waals surface area contributed by atoms with Crippen molar-refractivity contribution in [2.45, 2.75) is 13.3 Å². The van der Waals surface area contributed by atoms with E-state index in [-0.39, 0.29) is 5.91 Å². The third-order valence-electron chi connectivity index (χ3n) is 1.89. The van der Waals surface area contributed by atoms with Gasteiger partial charge in [0.2, 0.25) is 5.91 Å². The van der Waals surface area contributed by atoms with Crippen LogP contribution in [-0.2, 0) is 4.79 Å². The lowest BCUT2D eigenvalue weighted by atomic mass is 10.2. The Balaban J connectivity index is 2.46. The molecule has 0 aliphatic carbocycles. The van der Waals surface area contributed by atoms with Gasteiger partial charge in [0.15, 0.2) is 0 Å². The summed E-state index contributed by atoms with van der Waals surface area (Å²) in [5.74, 6) is 11.2. The molecule has 0 spiro atoms. The van der Waals surface area contributed by atoms with E-state index in [1.807, 2.05) is 24.3 Å². The smallest absolute Gasteiger partial charge is 0.216 e. The molecule has 0 radical (unpaired) electrons. The number of nitrogens with two attached hydrogens (primary N) is 1. The van der Waals surface area contributed by atoms with Gasteiger partial charge in [0.05, 0.1) is 0 Å². The van der Waals surface area contributed by atoms with Gasteiger partial charge in [0.25, 0.3) is 0 Å². The van der Waals surface area contributed by atoms with Crippen LogP contribution in [-0.4, -0.2) is 12.5 Å². The summed E-state index contributed by atoms with van der Waals surface area (Å²) in [4.78, 5) is 10.6. The van der Waals surface area contributed by atoms with E-state index in [0.29, 0.717) is 13.0 Å². The van der Waals surface area contributed by atoms with E-state index >= 15 is 0 Å². The summed E-state index contributed by atoms with van der Waals surface area (Å²) < 4.78 is 0. The van der Waals surface area contributed by atoms with E-state index in [4.69, 9.17) is 5.84 Å². The molecule has 0 heterocycles. The van der Waals surface area contributed by atoms with Crippen LogP contribution in [0.4, 0.5) is 5.69 Å². The third-order valence-corrected chi connectivity index (χ3v) is 1.89. The number of hydrogen-bond acceptors (Lipinski definition) is 3. The fourth-order valence-corrected chi connectivity index (χ4v) is 1.15. The molecule has 0 bridgehead atoms. The number of nitrogens with one attached hydrogen (secondary N) is 2. The SMILES string of the molecule is CC(=O)NCCC#Cc1cccc(NN)c1. The van der Waals surface area contributed by atoms with E-state index in [1.54, 1.807) is 0 Å². The Kier molecular flexibility index (Phi) is 4.90. The van der Waals surface area contributed by atoms with Crippen molar-refractivity contribution in [2.24, 2.45) is 5.84 Å². The lowest BCUT2D eigenvalue weighted by Gasteiger charge is -1.98. The number of carbonyl (C=O) groups excluding carboxylic acids is 1. The average molecular weight is 217 g/mol. The molecule has 1 amide bonds. The number of hydrazine groups is 1. The minimum atomic E-state index is -0.0314. The molecule has 1 aromatic carbocycles. The largest absolute Gasteiger partial charge is 0.355 e. The number of amides is 1. The highest BCUT2D eigenvalue weighted by molar-refractivity contribution is 5.72. The molecular weight excluding hydrogens is 202 g/mol. The van der Waals surface area contributed by atoms with Crippen molar-refractivity contribution in [2.75, 3.05) is 12.0 Å². The normalized spacial score (nSPS) is 8.88. The molecule has 4 heteroatoms. The molecule has 0 aliphatic heterocycles. The van der Waals surface area contributed by atoms with E-state index in [9.17, 15) is 4.79 Å². The van der Waals surface area contributed by atoms with Gasteiger partial charge in [0, 0.05) is 31.1 Å². The average Bonchev–Trinajstić information content (AvgIpc) is 2.28. The summed E-state index contributed by atoms with van der Waals surface area (Å²) in [6.45, 7) is 2.07. The van der Waals surface area contributed by atoms with Crippen LogP contribution in [0.3, 0.4) is 0 Å². The Labute approximate surface area is 95.2 Å². The van der Waals surface area contributed by atoms with Gasteiger partial charge in [-0.1, -0.05) is 17.9 Å². The van der Waals surface area contributed by atoms with Crippen LogP contribution < -0.4 is 16.6 Å². The highest BCUT2D eigenvalue weighted by atomic mass is 16.1. The van der Waals surface area contributed by atoms with E-state index in [0.717, 1.165) is 11.3 Å². The Bertz CT molecular complexity index is 418. The number of nitrogen functional groups attached to an aromatic ring is 1. The lowest BCUT2D eigenvalue weighted by molar-refractivity contribution is -0.118. The first-order valence-electron chi connectivity index (χ1n) is 5.02. The quantitative estimate of drug-likeness (QED) is 0.304. The van der Waals surface area contributed by atoms with E-state index < -0.39 is 0 Å². The van der Waals surface area contributed by atoms with Crippen molar-refractivity contribution in [3.05, 3.63) is 29.8 Å². The summed E-state index contributed by atoms with van der Waals surface area (Å²) in [5, 5.41) is 2.68. The first-order chi connectivity index (χ1) is 7.72. The number of benzene rings is 1. The third kappa shape index (κ3) is 4.49. The summed E-state index contributed by atoms with van der Waals surface area (Å²) in [6, 6.07) is 7.52. The van der Waals surface area contributed by atoms with Gasteiger partial charge in [0.1, 0.15) is 0 Å². The van der Waals surface area contributed by atoms with Crippen LogP contribution in [0.5, 0.6) is 0 Å². The van der Waals surface area contributed by atoms with Gasteiger partial charge in [-0.05, 0) is 18.2 Å². The Morgan fingerprint density at radius 3 is 3.00 bits per heavy atom. The van der Waals surface area contributed by atoms with Gasteiger partial charge < -0.3 is 10.7 Å². The molecule has 0 saturated heterocycles. The number of anilines is 1. The second-order valence-corrected chi connectivity index (χ2v) is 3.26. The molecule has 0 aliphatic rings. The van der Waals surface area contributed by atoms with Crippen LogP contribution in [0, 0.1) is 11.8 Å². The van der Waals surface area contributed by atoms with Gasteiger partial charge in [-0.25, -0.2) is 0 Å². The number of rotatable bonds is 3. The van der Waals surface area contributed by atoms with Crippen molar-refractivity contribution in [1.29, 1.82) is 0 Å². The zero-order chi connectivity index (χ0) is 11.8. The fourth-order valence-electron chi connectivity index (χ4n) is 1.15. The highest BCUT2D eigenvalue weighted by Gasteiger charge is 1.90. The van der Waals surface area contributed by atoms with Gasteiger partial charge in [-0.15, -0.1) is 0 Å². The van der Waals surface area contributed by atoms with Crippen molar-refractivity contribution in [1.82, 2.24) is 5.32 Å². The molecule has 1 rings (SSSR count). The maximum atomic E-state index is 10.6. The molecule has 1 aromatic rings. The zero-order valence-electron chi connectivity index (χ0n) is 9.21. The van der Waals surface area contributed by atoms with Gasteiger partial charge in [-0.3, -0.25) is 10.6 Å². The molecule has 0 fully saturated rings. The first kappa shape index (κ1) is 12.1. The zero-order valence-corrected chi connectivity index (χ0v) is 9.21. The summed E-state index contributed by atoms with van der Waals surface area (Å²) >= 11 is 0. The van der Waals surface area contributed by atoms with Crippen molar-refractivity contribution in [3.63, 3.8) is 0 Å². The molecule has 0 unspecified atom stereocenters. The van der Waals surface area contributed by atoms with Crippen molar-refractivity contribution < 1.29 is 4.79 Å². The van der Waals surface area contributed by atoms with Crippen LogP contribution in [0.2, 0.25) is 0 Å². The molecule has 0 saturated carbocycles. The van der Waals surface area contributed by atoms with Crippen LogP contribution >= 0.6 is 0 Å². The molecular formula is C12H15N3O. The maximum absolute atomic E-state index is 10.6. The van der Waals surface area contributed by atoms with E-state index in [2.05, 4.69) is 22.6 Å². The van der Waals surface area contributed by atoms with Gasteiger partial charge >= 0.3 is 0 Å². The minimum Gasteiger partial charge on any atom is -0.355 e. The van der Waals surface area contributed by atoms with Crippen LogP contribution in [0.1, 0.15) is 18.9 Å².